The van der Waals surface area contributed by atoms with Crippen molar-refractivity contribution in [3.63, 3.8) is 0 Å². The van der Waals surface area contributed by atoms with Gasteiger partial charge in [-0.1, -0.05) is 28.6 Å². The SMILES string of the molecule is O=C(Nc1ccc(F)c(F)c1)c1nc(-c2cn(-c3ccccc3)nn2)no1. The minimum absolute atomic E-state index is 0.0497. The van der Waals surface area contributed by atoms with Gasteiger partial charge in [0.15, 0.2) is 17.3 Å². The zero-order valence-electron chi connectivity index (χ0n) is 13.5. The van der Waals surface area contributed by atoms with Crippen LogP contribution in [0.5, 0.6) is 0 Å². The van der Waals surface area contributed by atoms with Crippen molar-refractivity contribution in [2.75, 3.05) is 5.32 Å². The summed E-state index contributed by atoms with van der Waals surface area (Å²) in [6.45, 7) is 0. The molecule has 0 unspecified atom stereocenters. The predicted octanol–water partition coefficient (Wildman–Crippen LogP) is 2.85. The van der Waals surface area contributed by atoms with E-state index in [1.54, 1.807) is 6.20 Å². The molecule has 2 heterocycles. The number of hydrogen-bond donors (Lipinski definition) is 1. The average molecular weight is 368 g/mol. The van der Waals surface area contributed by atoms with E-state index in [0.717, 1.165) is 17.8 Å². The van der Waals surface area contributed by atoms with Gasteiger partial charge in [-0.2, -0.15) is 4.98 Å². The lowest BCUT2D eigenvalue weighted by Crippen LogP contribution is -2.12. The summed E-state index contributed by atoms with van der Waals surface area (Å²) < 4.78 is 32.6. The molecule has 0 fully saturated rings. The Morgan fingerprint density at radius 2 is 1.89 bits per heavy atom. The molecule has 0 spiro atoms. The second kappa shape index (κ2) is 6.75. The van der Waals surface area contributed by atoms with Gasteiger partial charge in [0.05, 0.1) is 11.9 Å². The molecule has 0 aliphatic rings. The molecule has 0 saturated heterocycles. The number of anilines is 1. The number of carbonyl (C=O) groups is 1. The first kappa shape index (κ1) is 16.5. The molecule has 4 rings (SSSR count). The topological polar surface area (TPSA) is 98.7 Å². The number of rotatable bonds is 4. The Hall–Kier alpha value is -3.95. The van der Waals surface area contributed by atoms with Crippen LogP contribution in [0.25, 0.3) is 17.2 Å². The summed E-state index contributed by atoms with van der Waals surface area (Å²) in [5, 5.41) is 13.9. The molecule has 134 valence electrons. The van der Waals surface area contributed by atoms with Crippen molar-refractivity contribution in [3.05, 3.63) is 72.3 Å². The minimum Gasteiger partial charge on any atom is -0.328 e. The second-order valence-corrected chi connectivity index (χ2v) is 5.39. The zero-order chi connectivity index (χ0) is 18.8. The van der Waals surface area contributed by atoms with Crippen LogP contribution >= 0.6 is 0 Å². The molecule has 10 heteroatoms. The third-order valence-electron chi connectivity index (χ3n) is 3.54. The number of halogens is 2. The highest BCUT2D eigenvalue weighted by Gasteiger charge is 2.19. The smallest absolute Gasteiger partial charge is 0.316 e. The number of amides is 1. The zero-order valence-corrected chi connectivity index (χ0v) is 13.5. The quantitative estimate of drug-likeness (QED) is 0.595. The summed E-state index contributed by atoms with van der Waals surface area (Å²) in [5.41, 5.74) is 1.14. The van der Waals surface area contributed by atoms with E-state index in [1.165, 1.54) is 10.7 Å². The van der Waals surface area contributed by atoms with Gasteiger partial charge in [0.25, 0.3) is 0 Å². The highest BCUT2D eigenvalue weighted by Crippen LogP contribution is 2.17. The lowest BCUT2D eigenvalue weighted by molar-refractivity contribution is 0.0981. The lowest BCUT2D eigenvalue weighted by Gasteiger charge is -2.02. The molecule has 0 saturated carbocycles. The lowest BCUT2D eigenvalue weighted by atomic mass is 10.3. The standard InChI is InChI=1S/C17H10F2N6O2/c18-12-7-6-10(8-13(12)19)20-16(26)17-21-15(23-27-17)14-9-25(24-22-14)11-4-2-1-3-5-11/h1-9H,(H,20,26). The van der Waals surface area contributed by atoms with Crippen molar-refractivity contribution >= 4 is 11.6 Å². The van der Waals surface area contributed by atoms with Gasteiger partial charge in [0.1, 0.15) is 0 Å². The van der Waals surface area contributed by atoms with E-state index in [2.05, 4.69) is 25.8 Å². The van der Waals surface area contributed by atoms with Crippen LogP contribution in [0.15, 0.2) is 59.3 Å². The predicted molar refractivity (Wildman–Crippen MR) is 89.0 cm³/mol. The fourth-order valence-electron chi connectivity index (χ4n) is 2.25. The van der Waals surface area contributed by atoms with E-state index in [9.17, 15) is 13.6 Å². The van der Waals surface area contributed by atoms with Crippen molar-refractivity contribution in [2.45, 2.75) is 0 Å². The fourth-order valence-corrected chi connectivity index (χ4v) is 2.25. The highest BCUT2D eigenvalue weighted by molar-refractivity contribution is 6.01. The van der Waals surface area contributed by atoms with E-state index in [4.69, 9.17) is 4.52 Å². The molecule has 0 aliphatic carbocycles. The van der Waals surface area contributed by atoms with Gasteiger partial charge in [-0.3, -0.25) is 4.79 Å². The van der Waals surface area contributed by atoms with Crippen molar-refractivity contribution < 1.29 is 18.1 Å². The van der Waals surface area contributed by atoms with Gasteiger partial charge in [-0.05, 0) is 24.3 Å². The van der Waals surface area contributed by atoms with Crippen LogP contribution in [-0.4, -0.2) is 31.0 Å². The number of carbonyl (C=O) groups excluding carboxylic acids is 1. The molecule has 1 N–H and O–H groups in total. The maximum atomic E-state index is 13.2. The molecule has 27 heavy (non-hydrogen) atoms. The molecule has 8 nitrogen and oxygen atoms in total. The van der Waals surface area contributed by atoms with Crippen LogP contribution < -0.4 is 5.32 Å². The third-order valence-corrected chi connectivity index (χ3v) is 3.54. The number of nitrogens with one attached hydrogen (secondary N) is 1. The summed E-state index contributed by atoms with van der Waals surface area (Å²) in [6, 6.07) is 12.2. The summed E-state index contributed by atoms with van der Waals surface area (Å²) in [5.74, 6) is -3.17. The maximum Gasteiger partial charge on any atom is 0.316 e. The Morgan fingerprint density at radius 1 is 1.07 bits per heavy atom. The van der Waals surface area contributed by atoms with Crippen molar-refractivity contribution in [3.8, 4) is 17.2 Å². The van der Waals surface area contributed by atoms with Crippen LogP contribution in [-0.2, 0) is 0 Å². The van der Waals surface area contributed by atoms with Crippen LogP contribution in [0.1, 0.15) is 10.7 Å². The molecular formula is C17H10F2N6O2. The average Bonchev–Trinajstić information content (AvgIpc) is 3.35. The molecule has 2 aromatic carbocycles. The molecule has 0 radical (unpaired) electrons. The molecular weight excluding hydrogens is 358 g/mol. The number of nitrogens with zero attached hydrogens (tertiary/aromatic N) is 5. The summed E-state index contributed by atoms with van der Waals surface area (Å²) >= 11 is 0. The van der Waals surface area contributed by atoms with Crippen LogP contribution in [0.3, 0.4) is 0 Å². The summed E-state index contributed by atoms with van der Waals surface area (Å²) in [7, 11) is 0. The maximum absolute atomic E-state index is 13.2. The minimum atomic E-state index is -1.09. The Kier molecular flexibility index (Phi) is 4.13. The van der Waals surface area contributed by atoms with Crippen molar-refractivity contribution in [2.24, 2.45) is 0 Å². The highest BCUT2D eigenvalue weighted by atomic mass is 19.2. The Labute approximate surface area is 150 Å². The van der Waals surface area contributed by atoms with E-state index >= 15 is 0 Å². The Bertz CT molecular complexity index is 1110. The van der Waals surface area contributed by atoms with Crippen molar-refractivity contribution in [1.29, 1.82) is 0 Å². The first-order valence-corrected chi connectivity index (χ1v) is 7.68. The van der Waals surface area contributed by atoms with E-state index in [0.29, 0.717) is 5.69 Å². The van der Waals surface area contributed by atoms with Gasteiger partial charge in [-0.25, -0.2) is 13.5 Å². The monoisotopic (exact) mass is 368 g/mol. The molecule has 0 bridgehead atoms. The van der Waals surface area contributed by atoms with Crippen LogP contribution in [0.2, 0.25) is 0 Å². The second-order valence-electron chi connectivity index (χ2n) is 5.39. The van der Waals surface area contributed by atoms with E-state index in [1.807, 2.05) is 30.3 Å². The third kappa shape index (κ3) is 3.40. The van der Waals surface area contributed by atoms with E-state index in [-0.39, 0.29) is 17.4 Å². The first-order chi connectivity index (χ1) is 13.1. The fraction of sp³-hybridized carbons (Fsp3) is 0. The first-order valence-electron chi connectivity index (χ1n) is 7.68. The summed E-state index contributed by atoms with van der Waals surface area (Å²) in [4.78, 5) is 16.1. The van der Waals surface area contributed by atoms with Crippen LogP contribution in [0, 0.1) is 11.6 Å². The number of para-hydroxylation sites is 1. The van der Waals surface area contributed by atoms with Gasteiger partial charge in [-0.15, -0.1) is 5.10 Å². The Balaban J connectivity index is 1.52. The normalized spacial score (nSPS) is 10.7. The largest absolute Gasteiger partial charge is 0.328 e. The summed E-state index contributed by atoms with van der Waals surface area (Å²) in [6.07, 6.45) is 1.58. The molecule has 0 aliphatic heterocycles. The van der Waals surface area contributed by atoms with E-state index < -0.39 is 17.5 Å². The number of benzene rings is 2. The van der Waals surface area contributed by atoms with Crippen LogP contribution in [0.4, 0.5) is 14.5 Å². The van der Waals surface area contributed by atoms with Crippen molar-refractivity contribution in [1.82, 2.24) is 25.1 Å². The number of hydrogen-bond acceptors (Lipinski definition) is 6. The Morgan fingerprint density at radius 3 is 2.67 bits per heavy atom. The van der Waals surface area contributed by atoms with Gasteiger partial charge < -0.3 is 9.84 Å². The molecule has 1 amide bonds. The van der Waals surface area contributed by atoms with Gasteiger partial charge in [0, 0.05) is 11.8 Å². The molecule has 4 aromatic rings. The number of aromatic nitrogens is 5. The molecule has 0 atom stereocenters. The van der Waals surface area contributed by atoms with Gasteiger partial charge >= 0.3 is 11.8 Å². The molecule has 2 aromatic heterocycles. The van der Waals surface area contributed by atoms with Gasteiger partial charge in [0.2, 0.25) is 5.82 Å².